The Hall–Kier alpha value is -1.52. The molecule has 0 aliphatic rings. The average Bonchev–Trinajstić information content (AvgIpc) is 2.31. The third kappa shape index (κ3) is 3.14. The molecule has 1 atom stereocenters. The van der Waals surface area contributed by atoms with Crippen LogP contribution in [-0.4, -0.2) is 9.97 Å². The number of halogens is 2. The minimum absolute atomic E-state index is 0.139. The largest absolute Gasteiger partial charge is 0.377 e. The van der Waals surface area contributed by atoms with Gasteiger partial charge in [-0.2, -0.15) is 0 Å². The Kier molecular flexibility index (Phi) is 4.35. The minimum Gasteiger partial charge on any atom is -0.377 e. The van der Waals surface area contributed by atoms with Crippen LogP contribution in [0.2, 0.25) is 10.0 Å². The van der Waals surface area contributed by atoms with E-state index in [0.29, 0.717) is 27.1 Å². The number of hydrogen-bond acceptors (Lipinski definition) is 3. The number of aryl methyl sites for hydroxylation is 2. The summed E-state index contributed by atoms with van der Waals surface area (Å²) in [7, 11) is 0. The molecule has 2 rings (SSSR count). The lowest BCUT2D eigenvalue weighted by Gasteiger charge is -2.17. The van der Waals surface area contributed by atoms with Crippen molar-refractivity contribution in [1.82, 2.24) is 9.97 Å². The molecule has 0 saturated heterocycles. The quantitative estimate of drug-likeness (QED) is 0.904. The maximum atomic E-state index is 12.0. The van der Waals surface area contributed by atoms with Gasteiger partial charge in [-0.3, -0.25) is 4.79 Å². The molecule has 1 unspecified atom stereocenters. The van der Waals surface area contributed by atoms with Crippen LogP contribution in [0.5, 0.6) is 0 Å². The summed E-state index contributed by atoms with van der Waals surface area (Å²) in [5.41, 5.74) is 1.89. The van der Waals surface area contributed by atoms with E-state index in [-0.39, 0.29) is 11.6 Å². The van der Waals surface area contributed by atoms with Gasteiger partial charge in [0.15, 0.2) is 0 Å². The molecule has 0 aliphatic carbocycles. The number of anilines is 1. The van der Waals surface area contributed by atoms with E-state index in [0.717, 1.165) is 5.69 Å². The predicted molar refractivity (Wildman–Crippen MR) is 82.8 cm³/mol. The number of rotatable bonds is 3. The zero-order valence-corrected chi connectivity index (χ0v) is 12.9. The molecule has 2 aromatic rings. The van der Waals surface area contributed by atoms with Gasteiger partial charge in [0, 0.05) is 5.02 Å². The third-order valence-electron chi connectivity index (χ3n) is 3.00. The summed E-state index contributed by atoms with van der Waals surface area (Å²) in [4.78, 5) is 19.0. The third-order valence-corrected chi connectivity index (χ3v) is 3.55. The van der Waals surface area contributed by atoms with Gasteiger partial charge in [-0.05, 0) is 39.0 Å². The van der Waals surface area contributed by atoms with E-state index in [9.17, 15) is 4.79 Å². The number of hydrogen-bond donors (Lipinski definition) is 2. The van der Waals surface area contributed by atoms with Gasteiger partial charge >= 0.3 is 0 Å². The lowest BCUT2D eigenvalue weighted by Crippen LogP contribution is -2.23. The van der Waals surface area contributed by atoms with Crippen molar-refractivity contribution in [2.75, 3.05) is 5.32 Å². The molecule has 20 heavy (non-hydrogen) atoms. The Morgan fingerprint density at radius 3 is 2.60 bits per heavy atom. The normalized spacial score (nSPS) is 12.2. The first-order chi connectivity index (χ1) is 9.38. The van der Waals surface area contributed by atoms with Gasteiger partial charge in [-0.25, -0.2) is 4.98 Å². The van der Waals surface area contributed by atoms with Crippen molar-refractivity contribution in [2.24, 2.45) is 0 Å². The SMILES string of the molecule is Cc1nc(C)c(C(C)Nc2ccc(Cl)cc2Cl)c(=O)[nH]1. The molecule has 4 nitrogen and oxygen atoms in total. The second kappa shape index (κ2) is 5.85. The Bertz CT molecular complexity index is 697. The molecule has 106 valence electrons. The van der Waals surface area contributed by atoms with Crippen LogP contribution in [-0.2, 0) is 0 Å². The molecule has 6 heteroatoms. The van der Waals surface area contributed by atoms with Gasteiger partial charge in [0.05, 0.1) is 28.0 Å². The van der Waals surface area contributed by atoms with Gasteiger partial charge in [0.1, 0.15) is 5.82 Å². The maximum absolute atomic E-state index is 12.0. The van der Waals surface area contributed by atoms with Crippen molar-refractivity contribution < 1.29 is 0 Å². The minimum atomic E-state index is -0.217. The van der Waals surface area contributed by atoms with Crippen LogP contribution < -0.4 is 10.9 Å². The first kappa shape index (κ1) is 14.9. The highest BCUT2D eigenvalue weighted by Crippen LogP contribution is 2.28. The second-order valence-corrected chi connectivity index (χ2v) is 5.48. The van der Waals surface area contributed by atoms with Gasteiger partial charge in [0.2, 0.25) is 0 Å². The Labute approximate surface area is 127 Å². The lowest BCUT2D eigenvalue weighted by molar-refractivity contribution is 0.814. The van der Waals surface area contributed by atoms with Crippen LogP contribution in [0.15, 0.2) is 23.0 Å². The fourth-order valence-electron chi connectivity index (χ4n) is 2.16. The Balaban J connectivity index is 2.33. The van der Waals surface area contributed by atoms with E-state index >= 15 is 0 Å². The van der Waals surface area contributed by atoms with E-state index in [1.807, 2.05) is 13.8 Å². The molecule has 0 spiro atoms. The monoisotopic (exact) mass is 311 g/mol. The topological polar surface area (TPSA) is 57.8 Å². The van der Waals surface area contributed by atoms with E-state index < -0.39 is 0 Å². The van der Waals surface area contributed by atoms with Gasteiger partial charge in [-0.15, -0.1) is 0 Å². The highest BCUT2D eigenvalue weighted by molar-refractivity contribution is 6.36. The molecule has 0 aliphatic heterocycles. The predicted octanol–water partition coefficient (Wildman–Crippen LogP) is 3.87. The number of nitrogens with zero attached hydrogens (tertiary/aromatic N) is 1. The summed E-state index contributed by atoms with van der Waals surface area (Å²) in [5.74, 6) is 0.605. The molecule has 0 fully saturated rings. The summed E-state index contributed by atoms with van der Waals surface area (Å²) in [5, 5.41) is 4.29. The lowest BCUT2D eigenvalue weighted by atomic mass is 10.1. The number of benzene rings is 1. The first-order valence-corrected chi connectivity index (χ1v) is 6.93. The first-order valence-electron chi connectivity index (χ1n) is 6.17. The molecular formula is C14H15Cl2N3O. The molecule has 1 heterocycles. The molecule has 1 aromatic heterocycles. The Morgan fingerprint density at radius 1 is 1.30 bits per heavy atom. The van der Waals surface area contributed by atoms with Crippen molar-refractivity contribution in [3.63, 3.8) is 0 Å². The number of aromatic nitrogens is 2. The van der Waals surface area contributed by atoms with Crippen LogP contribution in [0, 0.1) is 13.8 Å². The molecule has 0 bridgehead atoms. The van der Waals surface area contributed by atoms with Crippen LogP contribution in [0.3, 0.4) is 0 Å². The number of nitrogens with one attached hydrogen (secondary N) is 2. The van der Waals surface area contributed by atoms with Crippen LogP contribution in [0.25, 0.3) is 0 Å². The van der Waals surface area contributed by atoms with Gasteiger partial charge in [0.25, 0.3) is 5.56 Å². The summed E-state index contributed by atoms with van der Waals surface area (Å²) in [6.45, 7) is 5.46. The van der Waals surface area contributed by atoms with Crippen LogP contribution >= 0.6 is 23.2 Å². The Morgan fingerprint density at radius 2 is 2.00 bits per heavy atom. The smallest absolute Gasteiger partial charge is 0.256 e. The summed E-state index contributed by atoms with van der Waals surface area (Å²) in [6, 6.07) is 4.97. The highest BCUT2D eigenvalue weighted by atomic mass is 35.5. The van der Waals surface area contributed by atoms with E-state index in [4.69, 9.17) is 23.2 Å². The van der Waals surface area contributed by atoms with Crippen molar-refractivity contribution >= 4 is 28.9 Å². The standard InChI is InChI=1S/C14H15Cl2N3O/c1-7-13(14(20)19-9(3)17-7)8(2)18-12-5-4-10(15)6-11(12)16/h4-6,8,18H,1-3H3,(H,17,19,20). The van der Waals surface area contributed by atoms with Crippen molar-refractivity contribution in [3.8, 4) is 0 Å². The molecular weight excluding hydrogens is 297 g/mol. The average molecular weight is 312 g/mol. The van der Waals surface area contributed by atoms with E-state index in [2.05, 4.69) is 15.3 Å². The summed E-state index contributed by atoms with van der Waals surface area (Å²) < 4.78 is 0. The molecule has 0 saturated carbocycles. The van der Waals surface area contributed by atoms with Gasteiger partial charge < -0.3 is 10.3 Å². The second-order valence-electron chi connectivity index (χ2n) is 4.64. The van der Waals surface area contributed by atoms with Gasteiger partial charge in [-0.1, -0.05) is 23.2 Å². The maximum Gasteiger partial charge on any atom is 0.256 e. The summed E-state index contributed by atoms with van der Waals surface area (Å²) in [6.07, 6.45) is 0. The molecule has 2 N–H and O–H groups in total. The molecule has 1 aromatic carbocycles. The van der Waals surface area contributed by atoms with Crippen molar-refractivity contribution in [2.45, 2.75) is 26.8 Å². The van der Waals surface area contributed by atoms with E-state index in [1.165, 1.54) is 0 Å². The fraction of sp³-hybridized carbons (Fsp3) is 0.286. The van der Waals surface area contributed by atoms with E-state index in [1.54, 1.807) is 25.1 Å². The highest BCUT2D eigenvalue weighted by Gasteiger charge is 2.15. The molecule has 0 amide bonds. The van der Waals surface area contributed by atoms with Crippen molar-refractivity contribution in [1.29, 1.82) is 0 Å². The van der Waals surface area contributed by atoms with Crippen molar-refractivity contribution in [3.05, 3.63) is 55.7 Å². The summed E-state index contributed by atoms with van der Waals surface area (Å²) >= 11 is 12.0. The number of H-pyrrole nitrogens is 1. The van der Waals surface area contributed by atoms with Crippen LogP contribution in [0.1, 0.15) is 30.0 Å². The zero-order valence-electron chi connectivity index (χ0n) is 11.4. The fourth-order valence-corrected chi connectivity index (χ4v) is 2.62. The molecule has 0 radical (unpaired) electrons. The van der Waals surface area contributed by atoms with Crippen LogP contribution in [0.4, 0.5) is 5.69 Å². The number of aromatic amines is 1. The zero-order chi connectivity index (χ0) is 14.9.